The van der Waals surface area contributed by atoms with Crippen LogP contribution in [-0.4, -0.2) is 40.8 Å². The van der Waals surface area contributed by atoms with E-state index in [1.165, 1.54) is 20.0 Å². The number of urea groups is 1. The van der Waals surface area contributed by atoms with E-state index in [4.69, 9.17) is 16.3 Å². The normalized spacial score (nSPS) is 11.9. The summed E-state index contributed by atoms with van der Waals surface area (Å²) in [4.78, 5) is 34.9. The predicted octanol–water partition coefficient (Wildman–Crippen LogP) is 2.60. The predicted molar refractivity (Wildman–Crippen MR) is 109 cm³/mol. The van der Waals surface area contributed by atoms with Gasteiger partial charge in [0.2, 0.25) is 0 Å². The number of aryl methyl sites for hydroxylation is 1. The van der Waals surface area contributed by atoms with Crippen LogP contribution >= 0.6 is 11.6 Å². The highest BCUT2D eigenvalue weighted by Gasteiger charge is 2.18. The SMILES string of the molecule is CNC(=O)NC(=O)[C@@H](C)OC(=O)/C=C/c1c(C)nn(Cc2ccccc2Cl)c1C. The number of imide groups is 1. The Kier molecular flexibility index (Phi) is 7.55. The molecule has 1 atom stereocenters. The van der Waals surface area contributed by atoms with Crippen molar-refractivity contribution in [2.45, 2.75) is 33.4 Å². The van der Waals surface area contributed by atoms with Gasteiger partial charge < -0.3 is 10.1 Å². The monoisotopic (exact) mass is 418 g/mol. The zero-order valence-electron chi connectivity index (χ0n) is 16.7. The third-order valence-corrected chi connectivity index (χ3v) is 4.60. The van der Waals surface area contributed by atoms with Gasteiger partial charge in [-0.15, -0.1) is 0 Å². The lowest BCUT2D eigenvalue weighted by molar-refractivity contribution is -0.149. The molecular weight excluding hydrogens is 396 g/mol. The summed E-state index contributed by atoms with van der Waals surface area (Å²) in [7, 11) is 1.37. The molecule has 0 saturated heterocycles. The first-order valence-corrected chi connectivity index (χ1v) is 9.29. The molecule has 29 heavy (non-hydrogen) atoms. The summed E-state index contributed by atoms with van der Waals surface area (Å²) < 4.78 is 6.82. The molecule has 2 aromatic rings. The van der Waals surface area contributed by atoms with Gasteiger partial charge in [0.1, 0.15) is 0 Å². The number of aromatic nitrogens is 2. The standard InChI is InChI=1S/C20H23ClN4O4/c1-12-16(9-10-18(26)29-14(3)19(27)23-20(28)22-4)13(2)25(24-12)11-15-7-5-6-8-17(15)21/h5-10,14H,11H2,1-4H3,(H2,22,23,27,28)/b10-9+/t14-/m1/s1. The van der Waals surface area contributed by atoms with E-state index in [-0.39, 0.29) is 0 Å². The number of carbonyl (C=O) groups excluding carboxylic acids is 3. The highest BCUT2D eigenvalue weighted by molar-refractivity contribution is 6.31. The third kappa shape index (κ3) is 5.92. The molecule has 0 spiro atoms. The van der Waals surface area contributed by atoms with Crippen LogP contribution in [0.1, 0.15) is 29.4 Å². The number of carbonyl (C=O) groups is 3. The van der Waals surface area contributed by atoms with Crippen LogP contribution in [-0.2, 0) is 20.9 Å². The van der Waals surface area contributed by atoms with Crippen molar-refractivity contribution in [3.05, 3.63) is 57.9 Å². The number of nitrogens with one attached hydrogen (secondary N) is 2. The first-order valence-electron chi connectivity index (χ1n) is 8.91. The minimum Gasteiger partial charge on any atom is -0.449 e. The van der Waals surface area contributed by atoms with Crippen LogP contribution in [0.3, 0.4) is 0 Å². The highest BCUT2D eigenvalue weighted by atomic mass is 35.5. The molecule has 0 aliphatic heterocycles. The molecule has 0 unspecified atom stereocenters. The fraction of sp³-hybridized carbons (Fsp3) is 0.300. The number of amides is 3. The average Bonchev–Trinajstić information content (AvgIpc) is 2.94. The van der Waals surface area contributed by atoms with Crippen LogP contribution in [0.5, 0.6) is 0 Å². The summed E-state index contributed by atoms with van der Waals surface area (Å²) in [5.74, 6) is -1.42. The van der Waals surface area contributed by atoms with Crippen LogP contribution in [0.4, 0.5) is 4.79 Å². The van der Waals surface area contributed by atoms with Crippen molar-refractivity contribution < 1.29 is 19.1 Å². The number of esters is 1. The van der Waals surface area contributed by atoms with E-state index in [0.29, 0.717) is 11.6 Å². The average molecular weight is 419 g/mol. The Balaban J connectivity index is 2.06. The quantitative estimate of drug-likeness (QED) is 0.554. The Labute approximate surface area is 173 Å². The van der Waals surface area contributed by atoms with Gasteiger partial charge in [-0.1, -0.05) is 29.8 Å². The molecule has 9 heteroatoms. The smallest absolute Gasteiger partial charge is 0.331 e. The number of benzene rings is 1. The van der Waals surface area contributed by atoms with Gasteiger partial charge in [-0.05, 0) is 38.5 Å². The maximum Gasteiger partial charge on any atom is 0.331 e. The van der Waals surface area contributed by atoms with Gasteiger partial charge in [-0.25, -0.2) is 9.59 Å². The molecule has 0 aliphatic carbocycles. The third-order valence-electron chi connectivity index (χ3n) is 4.23. The summed E-state index contributed by atoms with van der Waals surface area (Å²) in [6, 6.07) is 6.84. The number of ether oxygens (including phenoxy) is 1. The summed E-state index contributed by atoms with van der Waals surface area (Å²) in [5.41, 5.74) is 3.31. The minimum absolute atomic E-state index is 0.501. The lowest BCUT2D eigenvalue weighted by Crippen LogP contribution is -2.43. The number of nitrogens with zero attached hydrogens (tertiary/aromatic N) is 2. The van der Waals surface area contributed by atoms with Crippen molar-refractivity contribution in [2.24, 2.45) is 0 Å². The van der Waals surface area contributed by atoms with Crippen molar-refractivity contribution in [3.63, 3.8) is 0 Å². The van der Waals surface area contributed by atoms with Crippen molar-refractivity contribution in [3.8, 4) is 0 Å². The van der Waals surface area contributed by atoms with Crippen LogP contribution in [0.15, 0.2) is 30.3 Å². The van der Waals surface area contributed by atoms with E-state index in [1.54, 1.807) is 10.8 Å². The van der Waals surface area contributed by atoms with E-state index in [9.17, 15) is 14.4 Å². The molecule has 1 aromatic heterocycles. The molecule has 0 saturated carbocycles. The summed E-state index contributed by atoms with van der Waals surface area (Å²) in [6.07, 6.45) is 1.70. The van der Waals surface area contributed by atoms with E-state index in [1.807, 2.05) is 43.4 Å². The number of halogens is 1. The lowest BCUT2D eigenvalue weighted by Gasteiger charge is -2.11. The van der Waals surface area contributed by atoms with Gasteiger partial charge in [0.25, 0.3) is 5.91 Å². The molecule has 0 bridgehead atoms. The molecule has 0 fully saturated rings. The Morgan fingerprint density at radius 2 is 1.97 bits per heavy atom. The molecule has 0 radical (unpaired) electrons. The van der Waals surface area contributed by atoms with Gasteiger partial charge in [0.15, 0.2) is 6.10 Å². The lowest BCUT2D eigenvalue weighted by atomic mass is 10.1. The van der Waals surface area contributed by atoms with E-state index >= 15 is 0 Å². The van der Waals surface area contributed by atoms with E-state index in [2.05, 4.69) is 10.4 Å². The van der Waals surface area contributed by atoms with E-state index < -0.39 is 24.0 Å². The topological polar surface area (TPSA) is 102 Å². The number of hydrogen-bond donors (Lipinski definition) is 2. The molecule has 1 heterocycles. The first-order chi connectivity index (χ1) is 13.7. The highest BCUT2D eigenvalue weighted by Crippen LogP contribution is 2.20. The van der Waals surface area contributed by atoms with Crippen molar-refractivity contribution in [1.29, 1.82) is 0 Å². The number of rotatable bonds is 6. The molecule has 0 aliphatic rings. The first kappa shape index (κ1) is 22.2. The van der Waals surface area contributed by atoms with Crippen LogP contribution < -0.4 is 10.6 Å². The second kappa shape index (κ2) is 9.88. The van der Waals surface area contributed by atoms with Crippen molar-refractivity contribution in [2.75, 3.05) is 7.05 Å². The summed E-state index contributed by atoms with van der Waals surface area (Å²) in [6.45, 7) is 5.60. The van der Waals surface area contributed by atoms with Crippen LogP contribution in [0.25, 0.3) is 6.08 Å². The molecule has 2 rings (SSSR count). The summed E-state index contributed by atoms with van der Waals surface area (Å²) in [5, 5.41) is 9.45. The Morgan fingerprint density at radius 3 is 2.62 bits per heavy atom. The zero-order valence-corrected chi connectivity index (χ0v) is 17.4. The maximum atomic E-state index is 12.0. The molecular formula is C20H23ClN4O4. The summed E-state index contributed by atoms with van der Waals surface area (Å²) >= 11 is 6.22. The Hall–Kier alpha value is -3.13. The molecule has 1 aromatic carbocycles. The number of hydrogen-bond acceptors (Lipinski definition) is 5. The van der Waals surface area contributed by atoms with Gasteiger partial charge in [0, 0.05) is 29.4 Å². The van der Waals surface area contributed by atoms with Gasteiger partial charge in [0.05, 0.1) is 12.2 Å². The van der Waals surface area contributed by atoms with Crippen LogP contribution in [0.2, 0.25) is 5.02 Å². The minimum atomic E-state index is -1.12. The fourth-order valence-corrected chi connectivity index (χ4v) is 2.78. The molecule has 3 amide bonds. The van der Waals surface area contributed by atoms with Gasteiger partial charge in [-0.2, -0.15) is 5.10 Å². The fourth-order valence-electron chi connectivity index (χ4n) is 2.59. The largest absolute Gasteiger partial charge is 0.449 e. The second-order valence-electron chi connectivity index (χ2n) is 6.31. The van der Waals surface area contributed by atoms with Gasteiger partial charge >= 0.3 is 12.0 Å². The maximum absolute atomic E-state index is 12.0. The van der Waals surface area contributed by atoms with Crippen molar-refractivity contribution >= 4 is 35.6 Å². The molecule has 8 nitrogen and oxygen atoms in total. The Morgan fingerprint density at radius 1 is 1.28 bits per heavy atom. The van der Waals surface area contributed by atoms with Crippen molar-refractivity contribution in [1.82, 2.24) is 20.4 Å². The van der Waals surface area contributed by atoms with E-state index in [0.717, 1.165) is 22.5 Å². The molecule has 2 N–H and O–H groups in total. The van der Waals surface area contributed by atoms with Crippen LogP contribution in [0, 0.1) is 13.8 Å². The second-order valence-corrected chi connectivity index (χ2v) is 6.72. The Bertz CT molecular complexity index is 952. The zero-order chi connectivity index (χ0) is 21.6. The molecule has 154 valence electrons. The van der Waals surface area contributed by atoms with Gasteiger partial charge in [-0.3, -0.25) is 14.8 Å².